The van der Waals surface area contributed by atoms with Crippen molar-refractivity contribution >= 4 is 0 Å². The Hall–Kier alpha value is -1.26. The minimum Gasteiger partial charge on any atom is -0.493 e. The van der Waals surface area contributed by atoms with Crippen LogP contribution in [0.5, 0.6) is 11.5 Å². The highest BCUT2D eigenvalue weighted by Crippen LogP contribution is 2.39. The van der Waals surface area contributed by atoms with Crippen molar-refractivity contribution in [3.8, 4) is 11.5 Å². The highest BCUT2D eigenvalue weighted by molar-refractivity contribution is 5.49. The van der Waals surface area contributed by atoms with E-state index in [9.17, 15) is 10.2 Å². The van der Waals surface area contributed by atoms with Crippen LogP contribution in [0, 0.1) is 0 Å². The van der Waals surface area contributed by atoms with Crippen molar-refractivity contribution in [3.05, 3.63) is 23.3 Å². The molecular formula is C12H16O4. The fraction of sp³-hybridized carbons (Fsp3) is 0.500. The lowest BCUT2D eigenvalue weighted by molar-refractivity contribution is -0.179. The van der Waals surface area contributed by atoms with E-state index in [1.54, 1.807) is 13.2 Å². The fourth-order valence-electron chi connectivity index (χ4n) is 2.16. The van der Waals surface area contributed by atoms with Gasteiger partial charge >= 0.3 is 0 Å². The van der Waals surface area contributed by atoms with Crippen LogP contribution in [0.4, 0.5) is 0 Å². The van der Waals surface area contributed by atoms with Gasteiger partial charge in [-0.1, -0.05) is 0 Å². The van der Waals surface area contributed by atoms with E-state index in [1.807, 2.05) is 6.07 Å². The van der Waals surface area contributed by atoms with Gasteiger partial charge in [0.05, 0.1) is 14.2 Å². The summed E-state index contributed by atoms with van der Waals surface area (Å²) in [5.41, 5.74) is 1.44. The zero-order valence-corrected chi connectivity index (χ0v) is 9.49. The molecule has 0 bridgehead atoms. The van der Waals surface area contributed by atoms with Crippen molar-refractivity contribution in [2.24, 2.45) is 0 Å². The molecule has 0 atom stereocenters. The summed E-state index contributed by atoms with van der Waals surface area (Å²) >= 11 is 0. The van der Waals surface area contributed by atoms with Crippen LogP contribution in [0.15, 0.2) is 12.1 Å². The number of aryl methyl sites for hydroxylation is 1. The second kappa shape index (κ2) is 3.96. The molecule has 1 aliphatic rings. The Bertz CT molecular complexity index is 398. The molecule has 16 heavy (non-hydrogen) atoms. The third-order valence-corrected chi connectivity index (χ3v) is 3.01. The van der Waals surface area contributed by atoms with E-state index in [2.05, 4.69) is 0 Å². The SMILES string of the molecule is COc1cc2c(cc1OC)C(O)(O)CCC2. The Morgan fingerprint density at radius 1 is 1.12 bits per heavy atom. The normalized spacial score (nSPS) is 17.8. The molecule has 4 heteroatoms. The van der Waals surface area contributed by atoms with Crippen LogP contribution in [-0.2, 0) is 12.2 Å². The summed E-state index contributed by atoms with van der Waals surface area (Å²) in [5.74, 6) is -0.595. The lowest BCUT2D eigenvalue weighted by atomic mass is 9.86. The van der Waals surface area contributed by atoms with Crippen molar-refractivity contribution in [2.75, 3.05) is 14.2 Å². The van der Waals surface area contributed by atoms with Gasteiger partial charge in [0.2, 0.25) is 0 Å². The predicted octanol–water partition coefficient (Wildman–Crippen LogP) is 1.18. The summed E-state index contributed by atoms with van der Waals surface area (Å²) in [4.78, 5) is 0. The van der Waals surface area contributed by atoms with Crippen LogP contribution in [0.25, 0.3) is 0 Å². The van der Waals surface area contributed by atoms with Gasteiger partial charge in [0.25, 0.3) is 0 Å². The summed E-state index contributed by atoms with van der Waals surface area (Å²) in [6.45, 7) is 0. The molecule has 0 amide bonds. The number of fused-ring (bicyclic) bond motifs is 1. The molecule has 1 aromatic carbocycles. The van der Waals surface area contributed by atoms with E-state index in [-0.39, 0.29) is 0 Å². The molecule has 0 aliphatic heterocycles. The van der Waals surface area contributed by atoms with Gasteiger partial charge in [-0.25, -0.2) is 0 Å². The molecule has 0 radical (unpaired) electrons. The van der Waals surface area contributed by atoms with Crippen LogP contribution >= 0.6 is 0 Å². The Morgan fingerprint density at radius 3 is 2.38 bits per heavy atom. The summed E-state index contributed by atoms with van der Waals surface area (Å²) in [7, 11) is 3.10. The maximum atomic E-state index is 9.87. The van der Waals surface area contributed by atoms with E-state index in [1.165, 1.54) is 7.11 Å². The number of rotatable bonds is 2. The molecule has 2 N–H and O–H groups in total. The summed E-state index contributed by atoms with van der Waals surface area (Å²) in [6.07, 6.45) is 1.95. The number of ether oxygens (including phenoxy) is 2. The summed E-state index contributed by atoms with van der Waals surface area (Å²) < 4.78 is 10.3. The molecule has 0 spiro atoms. The predicted molar refractivity (Wildman–Crippen MR) is 58.6 cm³/mol. The van der Waals surface area contributed by atoms with Crippen LogP contribution in [0.1, 0.15) is 24.0 Å². The Balaban J connectivity index is 2.55. The van der Waals surface area contributed by atoms with E-state index >= 15 is 0 Å². The van der Waals surface area contributed by atoms with Gasteiger partial charge in [-0.05, 0) is 30.5 Å². The van der Waals surface area contributed by atoms with E-state index in [4.69, 9.17) is 9.47 Å². The first-order valence-electron chi connectivity index (χ1n) is 5.28. The quantitative estimate of drug-likeness (QED) is 0.740. The van der Waals surface area contributed by atoms with Crippen molar-refractivity contribution in [1.29, 1.82) is 0 Å². The minimum absolute atomic E-state index is 0.357. The smallest absolute Gasteiger partial charge is 0.190 e. The molecule has 2 rings (SSSR count). The summed E-state index contributed by atoms with van der Waals surface area (Å²) in [5, 5.41) is 19.7. The van der Waals surface area contributed by atoms with E-state index in [0.29, 0.717) is 23.5 Å². The molecular weight excluding hydrogens is 208 g/mol. The first kappa shape index (κ1) is 11.2. The first-order chi connectivity index (χ1) is 7.58. The molecule has 0 fully saturated rings. The van der Waals surface area contributed by atoms with Crippen LogP contribution in [0.2, 0.25) is 0 Å². The number of aliphatic hydroxyl groups is 2. The molecule has 1 aliphatic carbocycles. The van der Waals surface area contributed by atoms with Crippen molar-refractivity contribution in [3.63, 3.8) is 0 Å². The number of hydrogen-bond donors (Lipinski definition) is 2. The molecule has 0 unspecified atom stereocenters. The van der Waals surface area contributed by atoms with Crippen LogP contribution in [0.3, 0.4) is 0 Å². The van der Waals surface area contributed by atoms with Gasteiger partial charge in [0, 0.05) is 12.0 Å². The highest BCUT2D eigenvalue weighted by atomic mass is 16.5. The van der Waals surface area contributed by atoms with E-state index in [0.717, 1.165) is 18.4 Å². The third kappa shape index (κ3) is 1.74. The van der Waals surface area contributed by atoms with Crippen molar-refractivity contribution in [2.45, 2.75) is 25.0 Å². The zero-order valence-electron chi connectivity index (χ0n) is 9.49. The lowest BCUT2D eigenvalue weighted by Gasteiger charge is -2.30. The average molecular weight is 224 g/mol. The second-order valence-electron chi connectivity index (χ2n) is 4.03. The molecule has 0 heterocycles. The van der Waals surface area contributed by atoms with Crippen LogP contribution in [-0.4, -0.2) is 24.4 Å². The summed E-state index contributed by atoms with van der Waals surface area (Å²) in [6, 6.07) is 3.46. The van der Waals surface area contributed by atoms with Crippen LogP contribution < -0.4 is 9.47 Å². The maximum absolute atomic E-state index is 9.87. The first-order valence-corrected chi connectivity index (χ1v) is 5.28. The van der Waals surface area contributed by atoms with Gasteiger partial charge in [-0.2, -0.15) is 0 Å². The topological polar surface area (TPSA) is 58.9 Å². The monoisotopic (exact) mass is 224 g/mol. The van der Waals surface area contributed by atoms with Gasteiger partial charge < -0.3 is 19.7 Å². The molecule has 1 aromatic rings. The van der Waals surface area contributed by atoms with Gasteiger partial charge in [0.15, 0.2) is 17.3 Å². The number of methoxy groups -OCH3 is 2. The fourth-order valence-corrected chi connectivity index (χ4v) is 2.16. The lowest BCUT2D eigenvalue weighted by Crippen LogP contribution is -2.30. The van der Waals surface area contributed by atoms with Crippen molar-refractivity contribution < 1.29 is 19.7 Å². The molecule has 88 valence electrons. The van der Waals surface area contributed by atoms with Gasteiger partial charge in [-0.3, -0.25) is 0 Å². The highest BCUT2D eigenvalue weighted by Gasteiger charge is 2.33. The van der Waals surface area contributed by atoms with Crippen molar-refractivity contribution in [1.82, 2.24) is 0 Å². The zero-order chi connectivity index (χ0) is 11.8. The average Bonchev–Trinajstić information content (AvgIpc) is 2.27. The Kier molecular flexibility index (Phi) is 2.78. The maximum Gasteiger partial charge on any atom is 0.190 e. The van der Waals surface area contributed by atoms with Gasteiger partial charge in [0.1, 0.15) is 0 Å². The molecule has 0 aromatic heterocycles. The second-order valence-corrected chi connectivity index (χ2v) is 4.03. The Morgan fingerprint density at radius 2 is 1.75 bits per heavy atom. The third-order valence-electron chi connectivity index (χ3n) is 3.01. The Labute approximate surface area is 94.4 Å². The molecule has 0 saturated carbocycles. The minimum atomic E-state index is -1.74. The number of benzene rings is 1. The standard InChI is InChI=1S/C12H16O4/c1-15-10-6-8-4-3-5-12(13,14)9(8)7-11(10)16-2/h6-7,13-14H,3-5H2,1-2H3. The van der Waals surface area contributed by atoms with E-state index < -0.39 is 5.79 Å². The number of hydrogen-bond acceptors (Lipinski definition) is 4. The van der Waals surface area contributed by atoms with Gasteiger partial charge in [-0.15, -0.1) is 0 Å². The molecule has 0 saturated heterocycles. The molecule has 4 nitrogen and oxygen atoms in total. The largest absolute Gasteiger partial charge is 0.493 e.